The number of hydrogen-bond donors (Lipinski definition) is 3. The zero-order chi connectivity index (χ0) is 14.7. The number of nitrogens with zero attached hydrogens (tertiary/aromatic N) is 2. The summed E-state index contributed by atoms with van der Waals surface area (Å²) < 4.78 is 0. The second-order valence-corrected chi connectivity index (χ2v) is 4.82. The van der Waals surface area contributed by atoms with E-state index < -0.39 is 24.1 Å². The molecule has 3 N–H and O–H groups in total. The molecule has 0 aliphatic carbocycles. The molecule has 0 spiro atoms. The highest BCUT2D eigenvalue weighted by Gasteiger charge is 2.39. The maximum atomic E-state index is 12.1. The lowest BCUT2D eigenvalue weighted by Gasteiger charge is -2.24. The van der Waals surface area contributed by atoms with Gasteiger partial charge in [-0.1, -0.05) is 6.07 Å². The number of nitrogens with one attached hydrogen (secondary N) is 1. The van der Waals surface area contributed by atoms with Crippen molar-refractivity contribution in [2.45, 2.75) is 31.5 Å². The zero-order valence-corrected chi connectivity index (χ0v) is 11.1. The summed E-state index contributed by atoms with van der Waals surface area (Å²) >= 11 is 0. The second kappa shape index (κ2) is 5.87. The first-order valence-electron chi connectivity index (χ1n) is 6.38. The number of pyridine rings is 1. The fourth-order valence-corrected chi connectivity index (χ4v) is 2.25. The van der Waals surface area contributed by atoms with E-state index in [1.165, 1.54) is 0 Å². The minimum Gasteiger partial charge on any atom is -0.480 e. The van der Waals surface area contributed by atoms with Gasteiger partial charge in [0.2, 0.25) is 0 Å². The van der Waals surface area contributed by atoms with Crippen LogP contribution in [0.3, 0.4) is 0 Å². The quantitative estimate of drug-likeness (QED) is 0.742. The fourth-order valence-electron chi connectivity index (χ4n) is 2.25. The molecule has 108 valence electrons. The molecule has 2 rings (SSSR count). The number of likely N-dealkylation sites (tertiary alicyclic amines) is 1. The van der Waals surface area contributed by atoms with Gasteiger partial charge in [0.15, 0.2) is 0 Å². The highest BCUT2D eigenvalue weighted by atomic mass is 16.4. The molecule has 20 heavy (non-hydrogen) atoms. The van der Waals surface area contributed by atoms with Gasteiger partial charge in [-0.15, -0.1) is 0 Å². The monoisotopic (exact) mass is 279 g/mol. The maximum absolute atomic E-state index is 12.1. The van der Waals surface area contributed by atoms with E-state index in [1.54, 1.807) is 25.3 Å². The van der Waals surface area contributed by atoms with Crippen molar-refractivity contribution in [1.29, 1.82) is 0 Å². The van der Waals surface area contributed by atoms with Crippen molar-refractivity contribution in [2.75, 3.05) is 6.54 Å². The van der Waals surface area contributed by atoms with Crippen LogP contribution >= 0.6 is 0 Å². The molecule has 7 nitrogen and oxygen atoms in total. The molecule has 1 unspecified atom stereocenters. The molecule has 1 aromatic rings. The Bertz CT molecular complexity index is 494. The Morgan fingerprint density at radius 3 is 2.85 bits per heavy atom. The van der Waals surface area contributed by atoms with Crippen LogP contribution in [0.4, 0.5) is 4.79 Å². The molecule has 0 bridgehead atoms. The third kappa shape index (κ3) is 3.05. The minimum absolute atomic E-state index is 0.0255. The molecule has 2 heterocycles. The van der Waals surface area contributed by atoms with Gasteiger partial charge < -0.3 is 20.4 Å². The van der Waals surface area contributed by atoms with Crippen molar-refractivity contribution in [3.63, 3.8) is 0 Å². The standard InChI is InChI=1S/C13H17N3O4/c1-8(10-4-2-3-5-14-10)15-13(20)16-7-9(17)6-11(16)12(18)19/h2-5,8-9,11,17H,6-7H2,1H3,(H,15,20)(H,18,19)/t8?,9-,11+/m1/s1. The van der Waals surface area contributed by atoms with E-state index >= 15 is 0 Å². The van der Waals surface area contributed by atoms with Crippen LogP contribution in [0.5, 0.6) is 0 Å². The molecule has 1 fully saturated rings. The average Bonchev–Trinajstić information content (AvgIpc) is 2.82. The smallest absolute Gasteiger partial charge is 0.326 e. The number of amides is 2. The first kappa shape index (κ1) is 14.3. The van der Waals surface area contributed by atoms with E-state index in [2.05, 4.69) is 10.3 Å². The number of carbonyl (C=O) groups is 2. The van der Waals surface area contributed by atoms with Gasteiger partial charge in [0.05, 0.1) is 17.8 Å². The summed E-state index contributed by atoms with van der Waals surface area (Å²) in [5.41, 5.74) is 0.687. The molecule has 1 aliphatic rings. The van der Waals surface area contributed by atoms with E-state index in [0.717, 1.165) is 4.90 Å². The number of urea groups is 1. The first-order chi connectivity index (χ1) is 9.49. The van der Waals surface area contributed by atoms with Gasteiger partial charge >= 0.3 is 12.0 Å². The zero-order valence-electron chi connectivity index (χ0n) is 11.1. The van der Waals surface area contributed by atoms with Crippen molar-refractivity contribution in [1.82, 2.24) is 15.2 Å². The number of aliphatic hydroxyl groups is 1. The molecule has 2 amide bonds. The molecule has 0 aromatic carbocycles. The van der Waals surface area contributed by atoms with Crippen LogP contribution in [0.1, 0.15) is 25.1 Å². The second-order valence-electron chi connectivity index (χ2n) is 4.82. The van der Waals surface area contributed by atoms with E-state index in [9.17, 15) is 14.7 Å². The van der Waals surface area contributed by atoms with E-state index in [0.29, 0.717) is 5.69 Å². The van der Waals surface area contributed by atoms with E-state index in [1.807, 2.05) is 6.07 Å². The average molecular weight is 279 g/mol. The third-order valence-corrected chi connectivity index (χ3v) is 3.30. The Morgan fingerprint density at radius 1 is 1.50 bits per heavy atom. The van der Waals surface area contributed by atoms with Gasteiger partial charge in [0.25, 0.3) is 0 Å². The molecular weight excluding hydrogens is 262 g/mol. The molecule has 0 radical (unpaired) electrons. The number of carbonyl (C=O) groups excluding carboxylic acids is 1. The number of aliphatic carboxylic acids is 1. The van der Waals surface area contributed by atoms with Crippen LogP contribution in [-0.4, -0.2) is 50.8 Å². The van der Waals surface area contributed by atoms with Gasteiger partial charge in [-0.25, -0.2) is 9.59 Å². The van der Waals surface area contributed by atoms with Crippen LogP contribution in [0.15, 0.2) is 24.4 Å². The lowest BCUT2D eigenvalue weighted by molar-refractivity contribution is -0.141. The van der Waals surface area contributed by atoms with Gasteiger partial charge in [-0.2, -0.15) is 0 Å². The number of aromatic nitrogens is 1. The summed E-state index contributed by atoms with van der Waals surface area (Å²) in [5.74, 6) is -1.11. The van der Waals surface area contributed by atoms with E-state index in [4.69, 9.17) is 5.11 Å². The first-order valence-corrected chi connectivity index (χ1v) is 6.38. The van der Waals surface area contributed by atoms with Crippen molar-refractivity contribution in [3.05, 3.63) is 30.1 Å². The largest absolute Gasteiger partial charge is 0.480 e. The number of β-amino-alcohol motifs (C(OH)–C–C–N with tert-alkyl or cyclic N) is 1. The summed E-state index contributed by atoms with van der Waals surface area (Å²) in [5, 5.41) is 21.3. The van der Waals surface area contributed by atoms with Gasteiger partial charge in [0, 0.05) is 19.2 Å². The molecule has 0 saturated carbocycles. The third-order valence-electron chi connectivity index (χ3n) is 3.30. The topological polar surface area (TPSA) is 103 Å². The van der Waals surface area contributed by atoms with Crippen LogP contribution in [0, 0.1) is 0 Å². The van der Waals surface area contributed by atoms with Crippen LogP contribution < -0.4 is 5.32 Å². The fraction of sp³-hybridized carbons (Fsp3) is 0.462. The number of hydrogen-bond acceptors (Lipinski definition) is 4. The predicted octanol–water partition coefficient (Wildman–Crippen LogP) is 0.372. The van der Waals surface area contributed by atoms with Crippen LogP contribution in [0.25, 0.3) is 0 Å². The predicted molar refractivity (Wildman–Crippen MR) is 69.9 cm³/mol. The highest BCUT2D eigenvalue weighted by molar-refractivity contribution is 5.83. The number of carboxylic acid groups (broad SMARTS) is 1. The Balaban J connectivity index is 2.02. The van der Waals surface area contributed by atoms with E-state index in [-0.39, 0.29) is 19.0 Å². The lowest BCUT2D eigenvalue weighted by atomic mass is 10.2. The summed E-state index contributed by atoms with van der Waals surface area (Å²) in [4.78, 5) is 28.4. The van der Waals surface area contributed by atoms with Crippen molar-refractivity contribution >= 4 is 12.0 Å². The maximum Gasteiger partial charge on any atom is 0.326 e. The Morgan fingerprint density at radius 2 is 2.25 bits per heavy atom. The summed E-state index contributed by atoms with van der Waals surface area (Å²) in [7, 11) is 0. The van der Waals surface area contributed by atoms with Crippen LogP contribution in [0.2, 0.25) is 0 Å². The Hall–Kier alpha value is -2.15. The number of carboxylic acids is 1. The van der Waals surface area contributed by atoms with Gasteiger partial charge in [-0.3, -0.25) is 4.98 Å². The van der Waals surface area contributed by atoms with Crippen molar-refractivity contribution < 1.29 is 19.8 Å². The highest BCUT2D eigenvalue weighted by Crippen LogP contribution is 2.19. The molecule has 1 saturated heterocycles. The molecule has 7 heteroatoms. The molecular formula is C13H17N3O4. The van der Waals surface area contributed by atoms with Gasteiger partial charge in [0.1, 0.15) is 6.04 Å². The number of rotatable bonds is 3. The minimum atomic E-state index is -1.11. The normalized spacial score (nSPS) is 23.4. The summed E-state index contributed by atoms with van der Waals surface area (Å²) in [6, 6.07) is 3.53. The summed E-state index contributed by atoms with van der Waals surface area (Å²) in [6.45, 7) is 1.79. The van der Waals surface area contributed by atoms with Gasteiger partial charge in [-0.05, 0) is 19.1 Å². The SMILES string of the molecule is CC(NC(=O)N1C[C@H](O)C[C@H]1C(=O)O)c1ccccn1. The Labute approximate surface area is 116 Å². The lowest BCUT2D eigenvalue weighted by Crippen LogP contribution is -2.46. The summed E-state index contributed by atoms with van der Waals surface area (Å²) in [6.07, 6.45) is 0.880. The van der Waals surface area contributed by atoms with Crippen LogP contribution in [-0.2, 0) is 4.79 Å². The van der Waals surface area contributed by atoms with Crippen molar-refractivity contribution in [2.24, 2.45) is 0 Å². The molecule has 3 atom stereocenters. The number of aliphatic hydroxyl groups excluding tert-OH is 1. The molecule has 1 aromatic heterocycles. The Kier molecular flexibility index (Phi) is 4.19. The molecule has 1 aliphatic heterocycles. The van der Waals surface area contributed by atoms with Crippen molar-refractivity contribution in [3.8, 4) is 0 Å².